The van der Waals surface area contributed by atoms with Gasteiger partial charge in [-0.25, -0.2) is 0 Å². The van der Waals surface area contributed by atoms with E-state index in [0.29, 0.717) is 0 Å². The number of likely N-dealkylation sites (N-methyl/N-ethyl adjacent to an activating group) is 2. The molecule has 0 aromatic carbocycles. The molecule has 1 N–H and O–H groups in total. The van der Waals surface area contributed by atoms with Gasteiger partial charge in [0, 0.05) is 30.7 Å². The van der Waals surface area contributed by atoms with Crippen LogP contribution in [0.1, 0.15) is 39.0 Å². The molecular weight excluding hydrogens is 210 g/mol. The van der Waals surface area contributed by atoms with E-state index in [0.717, 1.165) is 24.2 Å². The number of hydrogen-bond donors (Lipinski definition) is 1. The van der Waals surface area contributed by atoms with E-state index in [-0.39, 0.29) is 0 Å². The van der Waals surface area contributed by atoms with E-state index in [2.05, 4.69) is 29.1 Å². The Balaban J connectivity index is 1.64. The van der Waals surface area contributed by atoms with Crippen LogP contribution in [0.3, 0.4) is 0 Å². The molecule has 3 aliphatic rings. The third kappa shape index (κ3) is 2.38. The summed E-state index contributed by atoms with van der Waals surface area (Å²) in [5, 5.41) is 3.76. The SMILES string of the molecule is CCN(C1CC2CCC(C1)N2)C1CCN(C)C1. The molecule has 0 amide bonds. The van der Waals surface area contributed by atoms with Crippen LogP contribution in [-0.2, 0) is 0 Å². The highest BCUT2D eigenvalue weighted by Gasteiger charge is 2.38. The Kier molecular flexibility index (Phi) is 3.42. The lowest BCUT2D eigenvalue weighted by Crippen LogP contribution is -2.52. The van der Waals surface area contributed by atoms with Gasteiger partial charge in [-0.05, 0) is 52.2 Å². The smallest absolute Gasteiger partial charge is 0.0238 e. The minimum atomic E-state index is 0.826. The average Bonchev–Trinajstić information content (AvgIpc) is 2.87. The molecule has 3 aliphatic heterocycles. The van der Waals surface area contributed by atoms with Gasteiger partial charge in [0.1, 0.15) is 0 Å². The number of piperidine rings is 1. The second-order valence-electron chi connectivity index (χ2n) is 6.30. The summed E-state index contributed by atoms with van der Waals surface area (Å²) in [7, 11) is 2.26. The van der Waals surface area contributed by atoms with Gasteiger partial charge in [0.25, 0.3) is 0 Å². The van der Waals surface area contributed by atoms with Crippen molar-refractivity contribution >= 4 is 0 Å². The molecule has 98 valence electrons. The third-order valence-electron chi connectivity index (χ3n) is 5.12. The van der Waals surface area contributed by atoms with Crippen LogP contribution in [0.15, 0.2) is 0 Å². The number of nitrogens with zero attached hydrogens (tertiary/aromatic N) is 2. The van der Waals surface area contributed by atoms with Gasteiger partial charge >= 0.3 is 0 Å². The van der Waals surface area contributed by atoms with Crippen LogP contribution >= 0.6 is 0 Å². The largest absolute Gasteiger partial charge is 0.311 e. The Morgan fingerprint density at radius 3 is 2.35 bits per heavy atom. The van der Waals surface area contributed by atoms with Crippen molar-refractivity contribution in [3.8, 4) is 0 Å². The maximum atomic E-state index is 3.76. The summed E-state index contributed by atoms with van der Waals surface area (Å²) in [5.41, 5.74) is 0. The van der Waals surface area contributed by atoms with Crippen molar-refractivity contribution < 1.29 is 0 Å². The molecule has 3 saturated heterocycles. The Hall–Kier alpha value is -0.120. The van der Waals surface area contributed by atoms with Gasteiger partial charge in [-0.2, -0.15) is 0 Å². The molecule has 3 fully saturated rings. The number of fused-ring (bicyclic) bond motifs is 2. The Morgan fingerprint density at radius 2 is 1.82 bits per heavy atom. The molecule has 2 bridgehead atoms. The molecule has 3 nitrogen and oxygen atoms in total. The van der Waals surface area contributed by atoms with E-state index in [1.54, 1.807) is 0 Å². The molecule has 0 radical (unpaired) electrons. The van der Waals surface area contributed by atoms with Gasteiger partial charge in [0.15, 0.2) is 0 Å². The van der Waals surface area contributed by atoms with Crippen molar-refractivity contribution in [2.75, 3.05) is 26.7 Å². The van der Waals surface area contributed by atoms with Crippen LogP contribution in [0.4, 0.5) is 0 Å². The molecule has 0 saturated carbocycles. The zero-order valence-corrected chi connectivity index (χ0v) is 11.4. The monoisotopic (exact) mass is 237 g/mol. The molecule has 3 unspecified atom stereocenters. The van der Waals surface area contributed by atoms with E-state index in [9.17, 15) is 0 Å². The zero-order chi connectivity index (χ0) is 11.8. The first kappa shape index (κ1) is 11.9. The topological polar surface area (TPSA) is 18.5 Å². The van der Waals surface area contributed by atoms with Crippen LogP contribution in [0.5, 0.6) is 0 Å². The fourth-order valence-electron chi connectivity index (χ4n) is 4.30. The van der Waals surface area contributed by atoms with Gasteiger partial charge in [0.05, 0.1) is 0 Å². The first-order valence-corrected chi connectivity index (χ1v) is 7.46. The molecule has 3 atom stereocenters. The van der Waals surface area contributed by atoms with E-state index in [1.807, 2.05) is 0 Å². The predicted molar refractivity (Wildman–Crippen MR) is 71.2 cm³/mol. The fraction of sp³-hybridized carbons (Fsp3) is 1.00. The lowest BCUT2D eigenvalue weighted by molar-refractivity contribution is 0.103. The Bertz CT molecular complexity index is 256. The molecule has 0 aliphatic carbocycles. The van der Waals surface area contributed by atoms with Crippen LogP contribution in [0, 0.1) is 0 Å². The molecule has 3 heteroatoms. The second kappa shape index (κ2) is 4.87. The quantitative estimate of drug-likeness (QED) is 0.798. The van der Waals surface area contributed by atoms with Crippen molar-refractivity contribution in [1.29, 1.82) is 0 Å². The van der Waals surface area contributed by atoms with Gasteiger partial charge in [0.2, 0.25) is 0 Å². The van der Waals surface area contributed by atoms with Gasteiger partial charge in [-0.1, -0.05) is 6.92 Å². The highest BCUT2D eigenvalue weighted by Crippen LogP contribution is 2.31. The van der Waals surface area contributed by atoms with Crippen molar-refractivity contribution in [3.63, 3.8) is 0 Å². The minimum Gasteiger partial charge on any atom is -0.311 e. The van der Waals surface area contributed by atoms with Crippen LogP contribution in [0.25, 0.3) is 0 Å². The van der Waals surface area contributed by atoms with Gasteiger partial charge in [-0.3, -0.25) is 4.90 Å². The fourth-order valence-corrected chi connectivity index (χ4v) is 4.30. The first-order chi connectivity index (χ1) is 8.26. The Labute approximate surface area is 106 Å². The highest BCUT2D eigenvalue weighted by molar-refractivity contribution is 4.97. The number of hydrogen-bond acceptors (Lipinski definition) is 3. The summed E-state index contributed by atoms with van der Waals surface area (Å²) in [4.78, 5) is 5.30. The molecule has 0 aromatic heterocycles. The lowest BCUT2D eigenvalue weighted by atomic mass is 9.96. The summed E-state index contributed by atoms with van der Waals surface area (Å²) >= 11 is 0. The molecule has 0 aromatic rings. The lowest BCUT2D eigenvalue weighted by Gasteiger charge is -2.40. The number of nitrogens with one attached hydrogen (secondary N) is 1. The molecule has 3 heterocycles. The van der Waals surface area contributed by atoms with E-state index < -0.39 is 0 Å². The summed E-state index contributed by atoms with van der Waals surface area (Å²) in [6, 6.07) is 3.33. The highest BCUT2D eigenvalue weighted by atomic mass is 15.3. The van der Waals surface area contributed by atoms with Gasteiger partial charge in [-0.15, -0.1) is 0 Å². The number of rotatable bonds is 3. The van der Waals surface area contributed by atoms with E-state index >= 15 is 0 Å². The Morgan fingerprint density at radius 1 is 1.12 bits per heavy atom. The van der Waals surface area contributed by atoms with Gasteiger partial charge < -0.3 is 10.2 Å². The predicted octanol–water partition coefficient (Wildman–Crippen LogP) is 1.30. The summed E-state index contributed by atoms with van der Waals surface area (Å²) in [5.74, 6) is 0. The summed E-state index contributed by atoms with van der Waals surface area (Å²) < 4.78 is 0. The van der Waals surface area contributed by atoms with Crippen LogP contribution < -0.4 is 5.32 Å². The second-order valence-corrected chi connectivity index (χ2v) is 6.30. The van der Waals surface area contributed by atoms with Crippen LogP contribution in [0.2, 0.25) is 0 Å². The minimum absolute atomic E-state index is 0.826. The van der Waals surface area contributed by atoms with Crippen LogP contribution in [-0.4, -0.2) is 60.6 Å². The normalized spacial score (nSPS) is 42.5. The zero-order valence-electron chi connectivity index (χ0n) is 11.4. The average molecular weight is 237 g/mol. The van der Waals surface area contributed by atoms with E-state index in [4.69, 9.17) is 0 Å². The van der Waals surface area contributed by atoms with E-state index in [1.165, 1.54) is 51.7 Å². The molecular formula is C14H27N3. The molecule has 17 heavy (non-hydrogen) atoms. The molecule has 0 spiro atoms. The number of likely N-dealkylation sites (tertiary alicyclic amines) is 1. The van der Waals surface area contributed by atoms with Crippen molar-refractivity contribution in [2.24, 2.45) is 0 Å². The van der Waals surface area contributed by atoms with Crippen molar-refractivity contribution in [1.82, 2.24) is 15.1 Å². The standard InChI is InChI=1S/C14H27N3/c1-3-17(13-6-7-16(2)10-13)14-8-11-4-5-12(9-14)15-11/h11-15H,3-10H2,1-2H3. The molecule has 3 rings (SSSR count). The summed E-state index contributed by atoms with van der Waals surface area (Å²) in [6.45, 7) is 6.16. The van der Waals surface area contributed by atoms with Crippen molar-refractivity contribution in [2.45, 2.75) is 63.2 Å². The summed E-state index contributed by atoms with van der Waals surface area (Å²) in [6.07, 6.45) is 7.01. The maximum Gasteiger partial charge on any atom is 0.0238 e. The maximum absolute atomic E-state index is 3.76. The van der Waals surface area contributed by atoms with Crippen molar-refractivity contribution in [3.05, 3.63) is 0 Å². The first-order valence-electron chi connectivity index (χ1n) is 7.46. The third-order valence-corrected chi connectivity index (χ3v) is 5.12.